The molecule has 228 valence electrons. The molecule has 4 heterocycles. The number of amides is 2. The van der Waals surface area contributed by atoms with E-state index in [9.17, 15) is 9.59 Å². The summed E-state index contributed by atoms with van der Waals surface area (Å²) in [5.41, 5.74) is 6.49. The van der Waals surface area contributed by atoms with Crippen molar-refractivity contribution in [1.29, 1.82) is 0 Å². The lowest BCUT2D eigenvalue weighted by molar-refractivity contribution is -0.119. The minimum atomic E-state index is -2.06. The zero-order valence-corrected chi connectivity index (χ0v) is 28.5. The monoisotopic (exact) mass is 658 g/mol. The fourth-order valence-electron chi connectivity index (χ4n) is 6.59. The molecule has 2 aliphatic heterocycles. The third-order valence-electron chi connectivity index (χ3n) is 8.39. The van der Waals surface area contributed by atoms with Gasteiger partial charge in [-0.25, -0.2) is 0 Å². The zero-order valence-electron chi connectivity index (χ0n) is 27.4. The Kier molecular flexibility index (Phi) is 7.57. The number of carbonyl (C=O) groups is 2. The summed E-state index contributed by atoms with van der Waals surface area (Å²) < 4.78 is 26.3. The molecule has 0 unspecified atom stereocenters. The van der Waals surface area contributed by atoms with Gasteiger partial charge >= 0.3 is 0 Å². The number of rotatable bonds is 7. The summed E-state index contributed by atoms with van der Waals surface area (Å²) in [6.07, 6.45) is -2.89. The lowest BCUT2D eigenvalue weighted by Crippen LogP contribution is -2.32. The number of aryl methyl sites for hydroxylation is 3. The van der Waals surface area contributed by atoms with Crippen molar-refractivity contribution in [2.45, 2.75) is 78.2 Å². The molecule has 2 atom stereocenters. The molecule has 0 bridgehead atoms. The first kappa shape index (κ1) is 28.2. The Hall–Kier alpha value is -2.32. The van der Waals surface area contributed by atoms with E-state index in [1.807, 2.05) is 39.8 Å². The number of halogens is 2. The molecule has 43 heavy (non-hydrogen) atoms. The van der Waals surface area contributed by atoms with Crippen LogP contribution in [-0.4, -0.2) is 42.3 Å². The fourth-order valence-corrected chi connectivity index (χ4v) is 9.16. The van der Waals surface area contributed by atoms with Gasteiger partial charge in [-0.15, -0.1) is 45.9 Å². The minimum absolute atomic E-state index is 0.0370. The number of carbonyl (C=O) groups excluding carboxylic acids is 2. The lowest BCUT2D eigenvalue weighted by Gasteiger charge is -2.24. The second kappa shape index (κ2) is 11.6. The van der Waals surface area contributed by atoms with Crippen molar-refractivity contribution in [2.75, 3.05) is 34.6 Å². The maximum Gasteiger partial charge on any atom is 0.227 e. The van der Waals surface area contributed by atoms with Crippen LogP contribution in [0.4, 0.5) is 11.4 Å². The first-order chi connectivity index (χ1) is 21.1. The molecule has 2 aromatic heterocycles. The highest BCUT2D eigenvalue weighted by Gasteiger charge is 2.37. The van der Waals surface area contributed by atoms with Crippen molar-refractivity contribution in [3.8, 4) is 5.75 Å². The second-order valence-electron chi connectivity index (χ2n) is 12.7. The van der Waals surface area contributed by atoms with Gasteiger partial charge in [0.25, 0.3) is 0 Å². The highest BCUT2D eigenvalue weighted by Crippen LogP contribution is 2.50. The number of benzene rings is 2. The molecule has 2 aliphatic rings. The van der Waals surface area contributed by atoms with Gasteiger partial charge in [-0.2, -0.15) is 0 Å². The largest absolute Gasteiger partial charge is 0.487 e. The quantitative estimate of drug-likeness (QED) is 0.186. The Labute approximate surface area is 274 Å². The summed E-state index contributed by atoms with van der Waals surface area (Å²) in [6, 6.07) is 3.93. The number of hydrogen-bond acceptors (Lipinski definition) is 5. The molecule has 0 saturated heterocycles. The molecule has 0 fully saturated rings. The molecular weight excluding hydrogens is 619 g/mol. The predicted octanol–water partition coefficient (Wildman–Crippen LogP) is 9.43. The van der Waals surface area contributed by atoms with Crippen LogP contribution >= 0.6 is 45.9 Å². The van der Waals surface area contributed by atoms with Crippen LogP contribution in [0, 0.1) is 20.8 Å². The van der Waals surface area contributed by atoms with Crippen molar-refractivity contribution in [3.05, 3.63) is 50.7 Å². The summed E-state index contributed by atoms with van der Waals surface area (Å²) >= 11 is 16.2. The van der Waals surface area contributed by atoms with E-state index >= 15 is 0 Å². The van der Waals surface area contributed by atoms with Crippen LogP contribution in [0.3, 0.4) is 0 Å². The molecule has 9 heteroatoms. The number of alkyl halides is 2. The molecule has 2 amide bonds. The van der Waals surface area contributed by atoms with Crippen molar-refractivity contribution in [1.82, 2.24) is 0 Å². The molecule has 5 nitrogen and oxygen atoms in total. The number of hydrogen-bond donors (Lipinski definition) is 0. The molecule has 0 spiro atoms. The third kappa shape index (κ3) is 5.34. The van der Waals surface area contributed by atoms with E-state index < -0.39 is 24.8 Å². The van der Waals surface area contributed by atoms with Gasteiger partial charge in [-0.3, -0.25) is 9.59 Å². The van der Waals surface area contributed by atoms with E-state index in [1.165, 1.54) is 4.70 Å². The van der Waals surface area contributed by atoms with Gasteiger partial charge in [0, 0.05) is 79.5 Å². The topological polar surface area (TPSA) is 49.9 Å². The van der Waals surface area contributed by atoms with E-state index in [2.05, 4.69) is 24.6 Å². The molecule has 0 aliphatic carbocycles. The predicted molar refractivity (Wildman–Crippen MR) is 184 cm³/mol. The van der Waals surface area contributed by atoms with Crippen molar-refractivity contribution < 1.29 is 17.1 Å². The summed E-state index contributed by atoms with van der Waals surface area (Å²) in [4.78, 5) is 31.0. The van der Waals surface area contributed by atoms with Crippen LogP contribution in [0.25, 0.3) is 20.2 Å². The Balaban J connectivity index is 1.28. The van der Waals surface area contributed by atoms with Crippen LogP contribution < -0.4 is 14.5 Å². The molecule has 0 radical (unpaired) electrons. The smallest absolute Gasteiger partial charge is 0.227 e. The van der Waals surface area contributed by atoms with Crippen LogP contribution in [0.1, 0.15) is 82.4 Å². The van der Waals surface area contributed by atoms with Crippen molar-refractivity contribution >= 4 is 89.2 Å². The molecular formula is C34H38Cl2N2O3S2. The van der Waals surface area contributed by atoms with Crippen LogP contribution in [0.15, 0.2) is 22.9 Å². The summed E-state index contributed by atoms with van der Waals surface area (Å²) in [7, 11) is 0. The summed E-state index contributed by atoms with van der Waals surface area (Å²) in [5, 5.41) is 6.44. The number of anilines is 2. The molecule has 0 saturated carbocycles. The molecule has 4 aromatic rings. The van der Waals surface area contributed by atoms with Crippen molar-refractivity contribution in [2.24, 2.45) is 0 Å². The standard InChI is InChI=1S/C34H38Cl2N2O3S2/c1-18-10-23-30(28-19(2)16-42-32(18)28)21(12-35)14-37(23)26(39)8-7-9-27(40)38-15-22(13-36)31-24(38)11-25(41-34(4,5)6)33-29(31)20(3)17-43-33/h10-11,16-17,21-22H,7-9,12-15H2,1-6H3/t21-,22-/m1/s1/i7D2. The molecule has 2 aromatic carbocycles. The Morgan fingerprint density at radius 3 is 1.86 bits per heavy atom. The zero-order chi connectivity index (χ0) is 32.6. The maximum absolute atomic E-state index is 13.9. The molecule has 6 rings (SSSR count). The maximum atomic E-state index is 13.9. The van der Waals surface area contributed by atoms with Gasteiger partial charge in [-0.1, -0.05) is 0 Å². The normalized spacial score (nSPS) is 19.2. The third-order valence-corrected chi connectivity index (χ3v) is 11.5. The number of nitrogens with zero attached hydrogens (tertiary/aromatic N) is 2. The minimum Gasteiger partial charge on any atom is -0.487 e. The van der Waals surface area contributed by atoms with E-state index in [0.29, 0.717) is 36.3 Å². The van der Waals surface area contributed by atoms with Gasteiger partial charge < -0.3 is 14.5 Å². The SMILES string of the molecule is [2H]C([2H])(CC(=O)N1C[C@@H](CCl)c2c1cc(C)c1scc(C)c21)CC(=O)N1C[C@@H](CCl)c2c1cc(OC(C)(C)C)c1scc(C)c21. The first-order valence-electron chi connectivity index (χ1n) is 15.6. The van der Waals surface area contributed by atoms with E-state index in [-0.39, 0.29) is 23.7 Å². The highest BCUT2D eigenvalue weighted by atomic mass is 35.5. The van der Waals surface area contributed by atoms with Gasteiger partial charge in [0.1, 0.15) is 11.4 Å². The van der Waals surface area contributed by atoms with Crippen LogP contribution in [0.2, 0.25) is 0 Å². The average Bonchev–Trinajstić information content (AvgIpc) is 3.70. The fraction of sp³-hybridized carbons (Fsp3) is 0.471. The number of fused-ring (bicyclic) bond motifs is 6. The van der Waals surface area contributed by atoms with Crippen LogP contribution in [0.5, 0.6) is 5.75 Å². The Morgan fingerprint density at radius 2 is 1.35 bits per heavy atom. The first-order valence-corrected chi connectivity index (χ1v) is 17.4. The molecule has 0 N–H and O–H groups in total. The second-order valence-corrected chi connectivity index (χ2v) is 15.1. The van der Waals surface area contributed by atoms with E-state index in [1.54, 1.807) is 32.5 Å². The van der Waals surface area contributed by atoms with Gasteiger partial charge in [0.05, 0.1) is 10.4 Å². The number of ether oxygens (including phenoxy) is 1. The summed E-state index contributed by atoms with van der Waals surface area (Å²) in [6.45, 7) is 12.9. The lowest BCUT2D eigenvalue weighted by atomic mass is 9.95. The van der Waals surface area contributed by atoms with Gasteiger partial charge in [-0.05, 0) is 92.6 Å². The van der Waals surface area contributed by atoms with Crippen molar-refractivity contribution in [3.63, 3.8) is 0 Å². The van der Waals surface area contributed by atoms with Gasteiger partial charge in [0.2, 0.25) is 11.8 Å². The Morgan fingerprint density at radius 1 is 0.860 bits per heavy atom. The Bertz CT molecular complexity index is 1840. The summed E-state index contributed by atoms with van der Waals surface area (Å²) in [5.74, 6) is 0.555. The van der Waals surface area contributed by atoms with E-state index in [4.69, 9.17) is 30.7 Å². The van der Waals surface area contributed by atoms with Crippen LogP contribution in [-0.2, 0) is 9.59 Å². The van der Waals surface area contributed by atoms with Gasteiger partial charge in [0.15, 0.2) is 0 Å². The van der Waals surface area contributed by atoms with E-state index in [0.717, 1.165) is 49.0 Å². The average molecular weight is 660 g/mol. The highest BCUT2D eigenvalue weighted by molar-refractivity contribution is 7.18. The number of thiophene rings is 2.